The number of hydrogen-bond acceptors (Lipinski definition) is 5. The number of carbonyl (C=O) groups is 4. The van der Waals surface area contributed by atoms with Gasteiger partial charge in [0.25, 0.3) is 11.8 Å². The average molecular weight is 543 g/mol. The van der Waals surface area contributed by atoms with Gasteiger partial charge < -0.3 is 29.9 Å². The van der Waals surface area contributed by atoms with Gasteiger partial charge in [-0.15, -0.1) is 0 Å². The Labute approximate surface area is 221 Å². The highest BCUT2D eigenvalue weighted by Crippen LogP contribution is 2.44. The molecule has 1 fully saturated rings. The number of piperidine rings is 1. The first-order valence-corrected chi connectivity index (χ1v) is 12.3. The Morgan fingerprint density at radius 2 is 1.95 bits per heavy atom. The number of carboxylic acid groups (broad SMARTS) is 1. The molecule has 198 valence electrons. The van der Waals surface area contributed by atoms with E-state index in [9.17, 15) is 23.6 Å². The van der Waals surface area contributed by atoms with Gasteiger partial charge in [0.05, 0.1) is 11.1 Å². The summed E-state index contributed by atoms with van der Waals surface area (Å²) < 4.78 is 19.4. The van der Waals surface area contributed by atoms with E-state index in [-0.39, 0.29) is 48.9 Å². The van der Waals surface area contributed by atoms with E-state index in [1.54, 1.807) is 29.2 Å². The normalized spacial score (nSPS) is 15.9. The molecule has 38 heavy (non-hydrogen) atoms. The van der Waals surface area contributed by atoms with Gasteiger partial charge in [-0.25, -0.2) is 14.0 Å². The maximum absolute atomic E-state index is 13.8. The number of halogens is 2. The van der Waals surface area contributed by atoms with Crippen molar-refractivity contribution < 1.29 is 33.4 Å². The van der Waals surface area contributed by atoms with Crippen LogP contribution in [0.5, 0.6) is 0 Å². The molecule has 5 rings (SSSR count). The molecule has 2 aliphatic heterocycles. The molecule has 3 aromatic rings. The molecule has 1 saturated heterocycles. The summed E-state index contributed by atoms with van der Waals surface area (Å²) in [5.74, 6) is -2.05. The summed E-state index contributed by atoms with van der Waals surface area (Å²) in [4.78, 5) is 55.8. The summed E-state index contributed by atoms with van der Waals surface area (Å²) in [5, 5.41) is 12.6. The number of likely N-dealkylation sites (tertiary alicyclic amines) is 1. The van der Waals surface area contributed by atoms with Crippen LogP contribution in [0.25, 0.3) is 10.9 Å². The minimum atomic E-state index is -1.13. The fourth-order valence-electron chi connectivity index (χ4n) is 5.05. The van der Waals surface area contributed by atoms with Crippen LogP contribution < -0.4 is 5.32 Å². The highest BCUT2D eigenvalue weighted by atomic mass is 35.5. The standard InChI is InChI=1S/C26H24ClFN4O6/c1-31(25(36)37)11-8-29-22(33)21-20(16-4-2-14(27)12-19(16)30-21)23(34)32-9-6-26(7-10-32)18-5-3-15(28)13-17(18)24(35)38-26/h2-5,12-13,30H,6-11H2,1H3,(H,29,33)(H,36,37). The van der Waals surface area contributed by atoms with E-state index < -0.39 is 29.4 Å². The van der Waals surface area contributed by atoms with Gasteiger partial charge in [-0.1, -0.05) is 23.7 Å². The van der Waals surface area contributed by atoms with Crippen LogP contribution in [0.3, 0.4) is 0 Å². The number of hydrogen-bond donors (Lipinski definition) is 3. The first-order valence-electron chi connectivity index (χ1n) is 12.0. The van der Waals surface area contributed by atoms with Crippen LogP contribution in [0.15, 0.2) is 36.4 Å². The van der Waals surface area contributed by atoms with Gasteiger partial charge in [0.2, 0.25) is 0 Å². The minimum absolute atomic E-state index is 0.0404. The van der Waals surface area contributed by atoms with E-state index in [1.807, 2.05) is 0 Å². The Morgan fingerprint density at radius 3 is 2.66 bits per heavy atom. The van der Waals surface area contributed by atoms with Crippen molar-refractivity contribution in [3.8, 4) is 0 Å². The van der Waals surface area contributed by atoms with Crippen molar-refractivity contribution in [3.63, 3.8) is 0 Å². The molecule has 0 radical (unpaired) electrons. The monoisotopic (exact) mass is 542 g/mol. The molecule has 0 aliphatic carbocycles. The van der Waals surface area contributed by atoms with Gasteiger partial charge in [-0.05, 0) is 24.3 Å². The van der Waals surface area contributed by atoms with Crippen molar-refractivity contribution >= 4 is 46.4 Å². The zero-order valence-electron chi connectivity index (χ0n) is 20.3. The van der Waals surface area contributed by atoms with Crippen LogP contribution in [0.2, 0.25) is 5.02 Å². The minimum Gasteiger partial charge on any atom is -0.465 e. The van der Waals surface area contributed by atoms with Gasteiger partial charge in [0.1, 0.15) is 17.1 Å². The second-order valence-electron chi connectivity index (χ2n) is 9.39. The Balaban J connectivity index is 1.38. The number of nitrogens with one attached hydrogen (secondary N) is 2. The van der Waals surface area contributed by atoms with E-state index in [1.165, 1.54) is 19.2 Å². The van der Waals surface area contributed by atoms with Crippen molar-refractivity contribution in [3.05, 3.63) is 69.6 Å². The Morgan fingerprint density at radius 1 is 1.21 bits per heavy atom. The number of amides is 3. The van der Waals surface area contributed by atoms with Crippen LogP contribution in [0.4, 0.5) is 9.18 Å². The van der Waals surface area contributed by atoms with Gasteiger partial charge in [-0.3, -0.25) is 9.59 Å². The van der Waals surface area contributed by atoms with Crippen molar-refractivity contribution in [1.29, 1.82) is 0 Å². The third kappa shape index (κ3) is 4.43. The fraction of sp³-hybridized carbons (Fsp3) is 0.308. The highest BCUT2D eigenvalue weighted by Gasteiger charge is 2.48. The predicted octanol–water partition coefficient (Wildman–Crippen LogP) is 3.60. The molecule has 3 amide bonds. The van der Waals surface area contributed by atoms with E-state index in [2.05, 4.69) is 10.3 Å². The molecule has 1 spiro atoms. The largest absolute Gasteiger partial charge is 0.465 e. The molecule has 2 aliphatic rings. The molecule has 10 nitrogen and oxygen atoms in total. The Kier molecular flexibility index (Phi) is 6.47. The number of aromatic nitrogens is 1. The lowest BCUT2D eigenvalue weighted by Gasteiger charge is -2.38. The molecule has 0 saturated carbocycles. The first-order chi connectivity index (χ1) is 18.1. The number of aromatic amines is 1. The van der Waals surface area contributed by atoms with Crippen LogP contribution in [0, 0.1) is 5.82 Å². The maximum Gasteiger partial charge on any atom is 0.407 e. The molecule has 12 heteroatoms. The lowest BCUT2D eigenvalue weighted by atomic mass is 9.83. The number of nitrogens with zero attached hydrogens (tertiary/aromatic N) is 2. The number of carbonyl (C=O) groups excluding carboxylic acids is 3. The zero-order chi connectivity index (χ0) is 27.2. The Hall–Kier alpha value is -4.12. The van der Waals surface area contributed by atoms with Gasteiger partial charge in [0.15, 0.2) is 0 Å². The van der Waals surface area contributed by atoms with Crippen LogP contribution in [0.1, 0.15) is 49.6 Å². The molecule has 2 aromatic carbocycles. The number of H-pyrrole nitrogens is 1. The fourth-order valence-corrected chi connectivity index (χ4v) is 5.23. The first kappa shape index (κ1) is 25.5. The van der Waals surface area contributed by atoms with E-state index in [0.717, 1.165) is 4.90 Å². The number of likely N-dealkylation sites (N-methyl/N-ethyl adjacent to an activating group) is 1. The third-order valence-corrected chi connectivity index (χ3v) is 7.33. The van der Waals surface area contributed by atoms with E-state index in [0.29, 0.717) is 34.3 Å². The predicted molar refractivity (Wildman–Crippen MR) is 135 cm³/mol. The summed E-state index contributed by atoms with van der Waals surface area (Å²) >= 11 is 6.13. The number of esters is 1. The molecule has 3 heterocycles. The summed E-state index contributed by atoms with van der Waals surface area (Å²) in [5.41, 5.74) is 0.597. The van der Waals surface area contributed by atoms with Gasteiger partial charge in [0, 0.05) is 67.6 Å². The van der Waals surface area contributed by atoms with Crippen LogP contribution >= 0.6 is 11.6 Å². The smallest absolute Gasteiger partial charge is 0.407 e. The van der Waals surface area contributed by atoms with Crippen LogP contribution in [-0.2, 0) is 10.3 Å². The number of fused-ring (bicyclic) bond motifs is 3. The van der Waals surface area contributed by atoms with Gasteiger partial charge >= 0.3 is 12.1 Å². The third-order valence-electron chi connectivity index (χ3n) is 7.10. The van der Waals surface area contributed by atoms with Crippen molar-refractivity contribution in [2.75, 3.05) is 33.2 Å². The summed E-state index contributed by atoms with van der Waals surface area (Å²) in [6.45, 7) is 0.596. The second kappa shape index (κ2) is 9.64. The number of rotatable bonds is 5. The molecule has 0 atom stereocenters. The zero-order valence-corrected chi connectivity index (χ0v) is 21.1. The molecular formula is C26H24ClFN4O6. The van der Waals surface area contributed by atoms with Crippen molar-refractivity contribution in [2.24, 2.45) is 0 Å². The lowest BCUT2D eigenvalue weighted by molar-refractivity contribution is -0.0389. The highest BCUT2D eigenvalue weighted by molar-refractivity contribution is 6.31. The molecule has 0 unspecified atom stereocenters. The topological polar surface area (TPSA) is 132 Å². The Bertz CT molecular complexity index is 1480. The van der Waals surface area contributed by atoms with Crippen molar-refractivity contribution in [1.82, 2.24) is 20.1 Å². The summed E-state index contributed by atoms with van der Waals surface area (Å²) in [7, 11) is 1.38. The van der Waals surface area contributed by atoms with E-state index in [4.69, 9.17) is 21.4 Å². The average Bonchev–Trinajstić information content (AvgIpc) is 3.38. The summed E-state index contributed by atoms with van der Waals surface area (Å²) in [6.07, 6.45) is -0.486. The van der Waals surface area contributed by atoms with Gasteiger partial charge in [-0.2, -0.15) is 0 Å². The summed E-state index contributed by atoms with van der Waals surface area (Å²) in [6, 6.07) is 8.90. The number of benzene rings is 2. The lowest BCUT2D eigenvalue weighted by Crippen LogP contribution is -2.45. The molecule has 0 bridgehead atoms. The second-order valence-corrected chi connectivity index (χ2v) is 9.83. The van der Waals surface area contributed by atoms with Crippen LogP contribution in [-0.4, -0.2) is 77.0 Å². The molecule has 3 N–H and O–H groups in total. The SMILES string of the molecule is CN(CCNC(=O)c1[nH]c2cc(Cl)ccc2c1C(=O)N1CCC2(CC1)OC(=O)c1cc(F)ccc12)C(=O)O. The molecule has 1 aromatic heterocycles. The van der Waals surface area contributed by atoms with Crippen molar-refractivity contribution in [2.45, 2.75) is 18.4 Å². The number of ether oxygens (including phenoxy) is 1. The molecular weight excluding hydrogens is 519 g/mol. The maximum atomic E-state index is 13.8. The van der Waals surface area contributed by atoms with E-state index >= 15 is 0 Å². The quantitative estimate of drug-likeness (QED) is 0.422.